The van der Waals surface area contributed by atoms with Crippen LogP contribution >= 0.6 is 11.6 Å². The first kappa shape index (κ1) is 18.8. The molecule has 0 bridgehead atoms. The van der Waals surface area contributed by atoms with Crippen molar-refractivity contribution >= 4 is 23.4 Å². The number of alkyl halides is 3. The van der Waals surface area contributed by atoms with Crippen LogP contribution in [-0.2, 0) is 26.9 Å². The number of carbonyl (C=O) groups excluding carboxylic acids is 2. The molecule has 1 aromatic carbocycles. The molecule has 2 unspecified atom stereocenters. The molecule has 1 aliphatic carbocycles. The van der Waals surface area contributed by atoms with E-state index in [-0.39, 0.29) is 41.7 Å². The number of hydrogen-bond donors (Lipinski definition) is 0. The van der Waals surface area contributed by atoms with E-state index in [2.05, 4.69) is 0 Å². The summed E-state index contributed by atoms with van der Waals surface area (Å²) < 4.78 is 44.9. The van der Waals surface area contributed by atoms with Gasteiger partial charge in [0.15, 0.2) is 5.78 Å². The zero-order chi connectivity index (χ0) is 18.1. The fraction of sp³-hybridized carbons (Fsp3) is 0.529. The molecule has 1 aromatic rings. The molecule has 24 heavy (non-hydrogen) atoms. The molecular formula is C17H18ClF3O3. The molecule has 7 heteroatoms. The van der Waals surface area contributed by atoms with Gasteiger partial charge in [0.05, 0.1) is 12.2 Å². The van der Waals surface area contributed by atoms with E-state index in [1.807, 2.05) is 0 Å². The highest BCUT2D eigenvalue weighted by atomic mass is 35.5. The average molecular weight is 363 g/mol. The number of ketones is 1. The highest BCUT2D eigenvalue weighted by Gasteiger charge is 2.53. The van der Waals surface area contributed by atoms with Crippen LogP contribution in [0, 0.1) is 11.3 Å². The predicted molar refractivity (Wildman–Crippen MR) is 82.6 cm³/mol. The molecule has 1 fully saturated rings. The quantitative estimate of drug-likeness (QED) is 0.587. The third kappa shape index (κ3) is 3.43. The van der Waals surface area contributed by atoms with Crippen LogP contribution in [0.25, 0.3) is 0 Å². The fourth-order valence-electron chi connectivity index (χ4n) is 3.20. The molecule has 1 aliphatic rings. The van der Waals surface area contributed by atoms with E-state index in [1.165, 1.54) is 12.1 Å². The smallest absolute Gasteiger partial charge is 0.416 e. The van der Waals surface area contributed by atoms with Gasteiger partial charge in [-0.3, -0.25) is 9.59 Å². The van der Waals surface area contributed by atoms with Crippen molar-refractivity contribution in [3.63, 3.8) is 0 Å². The van der Waals surface area contributed by atoms with E-state index < -0.39 is 23.1 Å². The molecule has 0 heterocycles. The standard InChI is InChI=1S/C17H18ClF3O3/c1-3-24-15(23)16(7-6-10(2)14(16)22)9-11-4-5-12(18)8-13(11)17(19,20)21/h4-5,8,10H,3,6-7,9H2,1-2H3. The summed E-state index contributed by atoms with van der Waals surface area (Å²) >= 11 is 5.68. The monoisotopic (exact) mass is 362 g/mol. The molecule has 1 saturated carbocycles. The lowest BCUT2D eigenvalue weighted by atomic mass is 9.77. The first-order chi connectivity index (χ1) is 11.1. The number of ether oxygens (including phenoxy) is 1. The lowest BCUT2D eigenvalue weighted by Gasteiger charge is -2.27. The summed E-state index contributed by atoms with van der Waals surface area (Å²) in [6.07, 6.45) is -4.32. The molecule has 0 saturated heterocycles. The van der Waals surface area contributed by atoms with E-state index in [0.29, 0.717) is 6.42 Å². The van der Waals surface area contributed by atoms with Crippen molar-refractivity contribution in [1.82, 2.24) is 0 Å². The van der Waals surface area contributed by atoms with Crippen molar-refractivity contribution in [1.29, 1.82) is 0 Å². The summed E-state index contributed by atoms with van der Waals surface area (Å²) in [5, 5.41) is -0.0534. The molecule has 3 nitrogen and oxygen atoms in total. The van der Waals surface area contributed by atoms with E-state index >= 15 is 0 Å². The van der Waals surface area contributed by atoms with Crippen molar-refractivity contribution in [2.45, 2.75) is 39.3 Å². The first-order valence-corrected chi connectivity index (χ1v) is 8.07. The van der Waals surface area contributed by atoms with Gasteiger partial charge in [0.1, 0.15) is 5.41 Å². The summed E-state index contributed by atoms with van der Waals surface area (Å²) in [5.74, 6) is -1.48. The highest BCUT2D eigenvalue weighted by Crippen LogP contribution is 2.44. The van der Waals surface area contributed by atoms with Crippen LogP contribution in [0.1, 0.15) is 37.8 Å². The SMILES string of the molecule is CCOC(=O)C1(Cc2ccc(Cl)cc2C(F)(F)F)CCC(C)C1=O. The first-order valence-electron chi connectivity index (χ1n) is 7.69. The van der Waals surface area contributed by atoms with Crippen LogP contribution in [0.5, 0.6) is 0 Å². The summed E-state index contributed by atoms with van der Waals surface area (Å²) in [5.41, 5.74) is -2.60. The lowest BCUT2D eigenvalue weighted by Crippen LogP contribution is -2.40. The Balaban J connectivity index is 2.49. The summed E-state index contributed by atoms with van der Waals surface area (Å²) in [6.45, 7) is 3.34. The molecule has 0 radical (unpaired) electrons. The number of hydrogen-bond acceptors (Lipinski definition) is 3. The topological polar surface area (TPSA) is 43.4 Å². The van der Waals surface area contributed by atoms with Gasteiger partial charge in [-0.15, -0.1) is 0 Å². The maximum atomic E-state index is 13.3. The number of rotatable bonds is 4. The minimum absolute atomic E-state index is 0.0534. The van der Waals surface area contributed by atoms with Gasteiger partial charge in [-0.2, -0.15) is 13.2 Å². The van der Waals surface area contributed by atoms with Gasteiger partial charge in [-0.05, 0) is 43.9 Å². The number of carbonyl (C=O) groups is 2. The van der Waals surface area contributed by atoms with Gasteiger partial charge in [-0.1, -0.05) is 24.6 Å². The van der Waals surface area contributed by atoms with E-state index in [9.17, 15) is 22.8 Å². The molecule has 0 N–H and O–H groups in total. The second-order valence-corrected chi connectivity index (χ2v) is 6.52. The Morgan fingerprint density at radius 3 is 2.58 bits per heavy atom. The molecule has 2 atom stereocenters. The van der Waals surface area contributed by atoms with Gasteiger partial charge in [-0.25, -0.2) is 0 Å². The van der Waals surface area contributed by atoms with Gasteiger partial charge >= 0.3 is 12.1 Å². The van der Waals surface area contributed by atoms with E-state index in [0.717, 1.165) is 6.07 Å². The Hall–Kier alpha value is -1.56. The van der Waals surface area contributed by atoms with Crippen molar-refractivity contribution in [2.75, 3.05) is 6.61 Å². The van der Waals surface area contributed by atoms with Crippen LogP contribution in [0.3, 0.4) is 0 Å². The maximum Gasteiger partial charge on any atom is 0.416 e. The predicted octanol–water partition coefficient (Wildman–Crippen LogP) is 4.45. The number of halogens is 4. The van der Waals surface area contributed by atoms with Crippen LogP contribution in [0.4, 0.5) is 13.2 Å². The summed E-state index contributed by atoms with van der Waals surface area (Å²) in [4.78, 5) is 25.0. The minimum Gasteiger partial charge on any atom is -0.465 e. The van der Waals surface area contributed by atoms with Crippen LogP contribution in [-0.4, -0.2) is 18.4 Å². The second-order valence-electron chi connectivity index (χ2n) is 6.08. The van der Waals surface area contributed by atoms with Crippen LogP contribution < -0.4 is 0 Å². The van der Waals surface area contributed by atoms with Crippen molar-refractivity contribution in [2.24, 2.45) is 11.3 Å². The third-order valence-electron chi connectivity index (χ3n) is 4.46. The summed E-state index contributed by atoms with van der Waals surface area (Å²) in [6, 6.07) is 3.37. The molecule has 0 amide bonds. The number of esters is 1. The summed E-state index contributed by atoms with van der Waals surface area (Å²) in [7, 11) is 0. The largest absolute Gasteiger partial charge is 0.465 e. The average Bonchev–Trinajstić information content (AvgIpc) is 2.78. The van der Waals surface area contributed by atoms with Gasteiger partial charge in [0.2, 0.25) is 0 Å². The lowest BCUT2D eigenvalue weighted by molar-refractivity contribution is -0.160. The Labute approximate surface area is 143 Å². The van der Waals surface area contributed by atoms with Crippen molar-refractivity contribution in [3.05, 3.63) is 34.3 Å². The third-order valence-corrected chi connectivity index (χ3v) is 4.69. The van der Waals surface area contributed by atoms with Gasteiger partial charge in [0, 0.05) is 10.9 Å². The van der Waals surface area contributed by atoms with Gasteiger partial charge in [0.25, 0.3) is 0 Å². The van der Waals surface area contributed by atoms with E-state index in [1.54, 1.807) is 13.8 Å². The molecule has 0 aromatic heterocycles. The zero-order valence-corrected chi connectivity index (χ0v) is 14.1. The molecule has 2 rings (SSSR count). The van der Waals surface area contributed by atoms with Crippen molar-refractivity contribution in [3.8, 4) is 0 Å². The Kier molecular flexibility index (Phi) is 5.28. The van der Waals surface area contributed by atoms with Crippen LogP contribution in [0.15, 0.2) is 18.2 Å². The molecular weight excluding hydrogens is 345 g/mol. The highest BCUT2D eigenvalue weighted by molar-refractivity contribution is 6.30. The molecule has 0 spiro atoms. The molecule has 132 valence electrons. The Morgan fingerprint density at radius 2 is 2.08 bits per heavy atom. The van der Waals surface area contributed by atoms with E-state index in [4.69, 9.17) is 16.3 Å². The normalized spacial score (nSPS) is 24.2. The fourth-order valence-corrected chi connectivity index (χ4v) is 3.37. The molecule has 0 aliphatic heterocycles. The zero-order valence-electron chi connectivity index (χ0n) is 13.4. The number of benzene rings is 1. The second kappa shape index (κ2) is 6.75. The number of Topliss-reactive ketones (excluding diaryl/α,β-unsaturated/α-hetero) is 1. The minimum atomic E-state index is -4.62. The maximum absolute atomic E-state index is 13.3. The van der Waals surface area contributed by atoms with Crippen molar-refractivity contribution < 1.29 is 27.5 Å². The van der Waals surface area contributed by atoms with Gasteiger partial charge < -0.3 is 4.74 Å². The Bertz CT molecular complexity index is 657. The Morgan fingerprint density at radius 1 is 1.42 bits per heavy atom. The van der Waals surface area contributed by atoms with Crippen LogP contribution in [0.2, 0.25) is 5.02 Å².